The fourth-order valence-corrected chi connectivity index (χ4v) is 1.48. The van der Waals surface area contributed by atoms with Crippen LogP contribution in [0.25, 0.3) is 0 Å². The van der Waals surface area contributed by atoms with Crippen LogP contribution in [0.1, 0.15) is 2.85 Å². The van der Waals surface area contributed by atoms with Gasteiger partial charge in [0.15, 0.2) is 0 Å². The van der Waals surface area contributed by atoms with Crippen molar-refractivity contribution in [3.05, 3.63) is 0 Å². The van der Waals surface area contributed by atoms with Crippen molar-refractivity contribution < 1.29 is 112 Å². The van der Waals surface area contributed by atoms with Gasteiger partial charge in [-0.1, -0.05) is 0 Å². The molecule has 0 unspecified atom stereocenters. The van der Waals surface area contributed by atoms with E-state index in [2.05, 4.69) is 0 Å². The fraction of sp³-hybridized carbons (Fsp3) is 0.667. The molecule has 144 valence electrons. The quantitative estimate of drug-likeness (QED) is 0.169. The van der Waals surface area contributed by atoms with E-state index in [-0.39, 0.29) is 88.3 Å². The molecule has 0 aromatic heterocycles. The van der Waals surface area contributed by atoms with E-state index >= 15 is 0 Å². The van der Waals surface area contributed by atoms with Crippen LogP contribution in [0.4, 0.5) is 0 Å². The minimum absolute atomic E-state index is 0. The van der Waals surface area contributed by atoms with Crippen LogP contribution < -0.4 is 59.1 Å². The molecule has 0 heterocycles. The third-order valence-corrected chi connectivity index (χ3v) is 2.27. The van der Waals surface area contributed by atoms with Crippen LogP contribution >= 0.6 is 0 Å². The number of aliphatic hydroxyl groups is 2. The molecular weight excluding hydrogens is 378 g/mol. The molecule has 0 rings (SSSR count). The molecule has 0 aliphatic rings. The Bertz CT molecular complexity index is 365. The molecule has 0 aromatic rings. The maximum absolute atomic E-state index is 10.6. The van der Waals surface area contributed by atoms with Gasteiger partial charge in [-0.3, -0.25) is 29.0 Å². The van der Waals surface area contributed by atoms with Crippen molar-refractivity contribution in [3.63, 3.8) is 0 Å². The number of hydrogen-bond acceptors (Lipinski definition) is 8. The molecule has 0 saturated heterocycles. The van der Waals surface area contributed by atoms with E-state index in [4.69, 9.17) is 30.6 Å². The van der Waals surface area contributed by atoms with Crippen LogP contribution in [0.15, 0.2) is 0 Å². The van der Waals surface area contributed by atoms with Crippen molar-refractivity contribution in [2.45, 2.75) is 0 Å². The van der Waals surface area contributed by atoms with Gasteiger partial charge in [-0.05, 0) is 0 Å². The van der Waals surface area contributed by atoms with Gasteiger partial charge in [0.1, 0.15) is 0 Å². The number of nitrogens with zero attached hydrogens (tertiary/aromatic N) is 2. The zero-order chi connectivity index (χ0) is 19.1. The van der Waals surface area contributed by atoms with Gasteiger partial charge in [0, 0.05) is 13.1 Å². The average molecular weight is 402 g/mol. The molecule has 6 N–H and O–H groups in total. The summed E-state index contributed by atoms with van der Waals surface area (Å²) in [5, 5.41) is 49.7. The SMILES string of the molecule is O=C(O)CN(CCN(CC(=O)O)CC(=O)O)CC(=O)O.OCCO.[H-].[H-].[Na+].[Na+]. The Labute approximate surface area is 196 Å². The van der Waals surface area contributed by atoms with E-state index in [0.717, 1.165) is 9.80 Å². The van der Waals surface area contributed by atoms with Gasteiger partial charge in [0.05, 0.1) is 39.4 Å². The van der Waals surface area contributed by atoms with E-state index in [1.165, 1.54) is 0 Å². The summed E-state index contributed by atoms with van der Waals surface area (Å²) in [4.78, 5) is 44.4. The molecule has 14 heteroatoms. The number of carboxylic acids is 4. The molecule has 0 fully saturated rings. The zero-order valence-corrected chi connectivity index (χ0v) is 18.9. The van der Waals surface area contributed by atoms with E-state index in [9.17, 15) is 19.2 Å². The number of carboxylic acid groups (broad SMARTS) is 4. The van der Waals surface area contributed by atoms with Crippen molar-refractivity contribution in [2.24, 2.45) is 0 Å². The Morgan fingerprint density at radius 1 is 0.577 bits per heavy atom. The predicted molar refractivity (Wildman–Crippen MR) is 79.8 cm³/mol. The summed E-state index contributed by atoms with van der Waals surface area (Å²) in [6.07, 6.45) is 0. The molecule has 0 saturated carbocycles. The molecule has 0 bridgehead atoms. The fourth-order valence-electron chi connectivity index (χ4n) is 1.48. The molecule has 0 aromatic carbocycles. The maximum Gasteiger partial charge on any atom is 1.00 e. The molecule has 0 amide bonds. The van der Waals surface area contributed by atoms with Crippen molar-refractivity contribution in [3.8, 4) is 0 Å². The summed E-state index contributed by atoms with van der Waals surface area (Å²) >= 11 is 0. The van der Waals surface area contributed by atoms with Crippen LogP contribution in [0, 0.1) is 0 Å². The standard InChI is InChI=1S/C10H16N2O8.C2H6O2.2Na.2H/c13-7(14)3-11(4-8(15)16)1-2-12(5-9(17)18)6-10(19)20;3-1-2-4;;;;/h1-6H2,(H,13,14)(H,15,16)(H,17,18)(H,19,20);3-4H,1-2H2;;;;/q;;2*+1;2*-1. The Balaban J connectivity index is -0.000000137. The summed E-state index contributed by atoms with van der Waals surface area (Å²) in [6.45, 7) is -2.50. The minimum Gasteiger partial charge on any atom is -1.00 e. The van der Waals surface area contributed by atoms with E-state index in [0.29, 0.717) is 0 Å². The summed E-state index contributed by atoms with van der Waals surface area (Å²) in [6, 6.07) is 0. The van der Waals surface area contributed by atoms with E-state index in [1.807, 2.05) is 0 Å². The number of carbonyl (C=O) groups is 4. The van der Waals surface area contributed by atoms with Gasteiger partial charge in [-0.25, -0.2) is 0 Å². The van der Waals surface area contributed by atoms with Crippen LogP contribution in [0.3, 0.4) is 0 Å². The number of aliphatic hydroxyl groups excluding tert-OH is 2. The largest absolute Gasteiger partial charge is 1.00 e. The molecule has 0 radical (unpaired) electrons. The third kappa shape index (κ3) is 26.0. The van der Waals surface area contributed by atoms with Gasteiger partial charge in [0.2, 0.25) is 0 Å². The van der Waals surface area contributed by atoms with Crippen molar-refractivity contribution in [1.82, 2.24) is 9.80 Å². The summed E-state index contributed by atoms with van der Waals surface area (Å²) in [5.41, 5.74) is 0. The van der Waals surface area contributed by atoms with E-state index < -0.39 is 50.1 Å². The molecular formula is C12H24N2Na2O10. The smallest absolute Gasteiger partial charge is 1.00 e. The molecule has 12 nitrogen and oxygen atoms in total. The van der Waals surface area contributed by atoms with Crippen molar-refractivity contribution >= 4 is 23.9 Å². The van der Waals surface area contributed by atoms with Gasteiger partial charge < -0.3 is 33.5 Å². The van der Waals surface area contributed by atoms with Gasteiger partial charge in [-0.15, -0.1) is 0 Å². The predicted octanol–water partition coefficient (Wildman–Crippen LogP) is -8.87. The van der Waals surface area contributed by atoms with Crippen LogP contribution in [0.5, 0.6) is 0 Å². The topological polar surface area (TPSA) is 196 Å². The molecule has 0 atom stereocenters. The molecule has 0 aliphatic heterocycles. The normalized spacial score (nSPS) is 9.38. The second-order valence-corrected chi connectivity index (χ2v) is 4.44. The Morgan fingerprint density at radius 2 is 0.769 bits per heavy atom. The summed E-state index contributed by atoms with van der Waals surface area (Å²) in [7, 11) is 0. The first kappa shape index (κ1) is 33.3. The van der Waals surface area contributed by atoms with Crippen molar-refractivity contribution in [1.29, 1.82) is 0 Å². The molecule has 0 aliphatic carbocycles. The monoisotopic (exact) mass is 402 g/mol. The summed E-state index contributed by atoms with van der Waals surface area (Å²) < 4.78 is 0. The third-order valence-electron chi connectivity index (χ3n) is 2.27. The Hall–Kier alpha value is -0.280. The van der Waals surface area contributed by atoms with Gasteiger partial charge >= 0.3 is 83.0 Å². The second-order valence-electron chi connectivity index (χ2n) is 4.44. The first-order chi connectivity index (χ1) is 11.1. The van der Waals surface area contributed by atoms with Crippen LogP contribution in [-0.4, -0.2) is 117 Å². The first-order valence-corrected chi connectivity index (χ1v) is 6.65. The number of rotatable bonds is 12. The minimum atomic E-state index is -1.23. The number of hydrogen-bond donors (Lipinski definition) is 6. The van der Waals surface area contributed by atoms with E-state index in [1.54, 1.807) is 0 Å². The van der Waals surface area contributed by atoms with Gasteiger partial charge in [-0.2, -0.15) is 0 Å². The zero-order valence-electron chi connectivity index (χ0n) is 16.9. The maximum atomic E-state index is 10.6. The molecule has 26 heavy (non-hydrogen) atoms. The van der Waals surface area contributed by atoms with Crippen LogP contribution in [-0.2, 0) is 19.2 Å². The Kier molecular flexibility index (Phi) is 26.9. The Morgan fingerprint density at radius 3 is 0.885 bits per heavy atom. The first-order valence-electron chi connectivity index (χ1n) is 6.65. The van der Waals surface area contributed by atoms with Crippen LogP contribution in [0.2, 0.25) is 0 Å². The average Bonchev–Trinajstić information content (AvgIpc) is 2.42. The number of aliphatic carboxylic acids is 4. The molecule has 0 spiro atoms. The van der Waals surface area contributed by atoms with Gasteiger partial charge in [0.25, 0.3) is 0 Å². The summed E-state index contributed by atoms with van der Waals surface area (Å²) in [5.74, 6) is -4.91. The second kappa shape index (κ2) is 21.0. The van der Waals surface area contributed by atoms with Crippen molar-refractivity contribution in [2.75, 3.05) is 52.5 Å².